The first kappa shape index (κ1) is 15.4. The van der Waals surface area contributed by atoms with E-state index in [4.69, 9.17) is 25.8 Å². The molecular weight excluding hydrogens is 287 g/mol. The smallest absolute Gasteiger partial charge is 0.419 e. The fraction of sp³-hybridized carbons (Fsp3) is 0.333. The van der Waals surface area contributed by atoms with Crippen LogP contribution in [-0.4, -0.2) is 20.8 Å². The molecule has 0 radical (unpaired) electrons. The zero-order valence-electron chi connectivity index (χ0n) is 10.6. The van der Waals surface area contributed by atoms with E-state index in [1.165, 1.54) is 11.4 Å². The lowest BCUT2D eigenvalue weighted by molar-refractivity contribution is 0.0727. The van der Waals surface area contributed by atoms with Gasteiger partial charge in [-0.1, -0.05) is 30.3 Å². The molecule has 0 bridgehead atoms. The average Bonchev–Trinajstić information content (AvgIpc) is 2.43. The second-order valence-electron chi connectivity index (χ2n) is 3.12. The highest BCUT2D eigenvalue weighted by molar-refractivity contribution is 8.66. The first-order valence-corrected chi connectivity index (χ1v) is 9.08. The molecule has 1 unspecified atom stereocenters. The lowest BCUT2D eigenvalue weighted by atomic mass is 10.2. The van der Waals surface area contributed by atoms with Crippen molar-refractivity contribution in [2.45, 2.75) is 6.92 Å². The molecule has 0 aliphatic rings. The van der Waals surface area contributed by atoms with Crippen molar-refractivity contribution >= 4 is 34.2 Å². The summed E-state index contributed by atoms with van der Waals surface area (Å²) in [6.07, 6.45) is -1.01. The van der Waals surface area contributed by atoms with E-state index in [1.807, 2.05) is 37.3 Å². The Labute approximate surface area is 118 Å². The zero-order chi connectivity index (χ0) is 13.4. The highest BCUT2D eigenvalue weighted by Gasteiger charge is 2.23. The van der Waals surface area contributed by atoms with Crippen LogP contribution in [0, 0.1) is 0 Å². The van der Waals surface area contributed by atoms with E-state index in [-0.39, 0.29) is 0 Å². The lowest BCUT2D eigenvalue weighted by Crippen LogP contribution is -1.97. The van der Waals surface area contributed by atoms with Crippen LogP contribution >= 0.6 is 17.5 Å². The van der Waals surface area contributed by atoms with Crippen LogP contribution in [0.4, 0.5) is 0 Å². The van der Waals surface area contributed by atoms with Crippen LogP contribution in [0.5, 0.6) is 0 Å². The van der Waals surface area contributed by atoms with Gasteiger partial charge < -0.3 is 9.47 Å². The Morgan fingerprint density at radius 2 is 1.94 bits per heavy atom. The molecule has 0 spiro atoms. The summed E-state index contributed by atoms with van der Waals surface area (Å²) in [6, 6.07) is 9.88. The van der Waals surface area contributed by atoms with E-state index in [9.17, 15) is 0 Å². The number of ether oxygens (including phenoxy) is 2. The van der Waals surface area contributed by atoms with Gasteiger partial charge in [-0.05, 0) is 12.5 Å². The Bertz CT molecular complexity index is 421. The molecule has 0 saturated carbocycles. The third-order valence-corrected chi connectivity index (χ3v) is 5.59. The summed E-state index contributed by atoms with van der Waals surface area (Å²) >= 11 is 6.68. The molecule has 0 amide bonds. The summed E-state index contributed by atoms with van der Waals surface area (Å²) in [5.41, 5.74) is 1.02. The molecule has 0 N–H and O–H groups in total. The minimum Gasteiger partial charge on any atom is -0.468 e. The predicted octanol–water partition coefficient (Wildman–Crippen LogP) is 4.15. The van der Waals surface area contributed by atoms with E-state index >= 15 is 0 Å². The van der Waals surface area contributed by atoms with Crippen LogP contribution < -0.4 is 0 Å². The number of methoxy groups -OCH3 is 1. The minimum absolute atomic E-state index is 0.489. The Morgan fingerprint density at radius 1 is 1.28 bits per heavy atom. The fourth-order valence-corrected chi connectivity index (χ4v) is 3.82. The van der Waals surface area contributed by atoms with Crippen LogP contribution in [0.15, 0.2) is 36.3 Å². The molecule has 1 aromatic rings. The van der Waals surface area contributed by atoms with Gasteiger partial charge in [0.25, 0.3) is 5.95 Å². The van der Waals surface area contributed by atoms with Crippen molar-refractivity contribution < 1.29 is 14.0 Å². The van der Waals surface area contributed by atoms with Gasteiger partial charge in [-0.25, -0.2) is 0 Å². The van der Waals surface area contributed by atoms with E-state index < -0.39 is 6.13 Å². The Balaban J connectivity index is 3.12. The maximum absolute atomic E-state index is 5.50. The summed E-state index contributed by atoms with van der Waals surface area (Å²) < 4.78 is 16.0. The molecule has 1 rings (SSSR count). The average molecular weight is 303 g/mol. The summed E-state index contributed by atoms with van der Waals surface area (Å²) in [7, 11) is 3.20. The first-order valence-electron chi connectivity index (χ1n) is 5.38. The van der Waals surface area contributed by atoms with Crippen molar-refractivity contribution in [3.8, 4) is 0 Å². The van der Waals surface area contributed by atoms with Crippen molar-refractivity contribution in [2.24, 2.45) is 0 Å². The predicted molar refractivity (Wildman–Crippen MR) is 80.9 cm³/mol. The van der Waals surface area contributed by atoms with E-state index in [2.05, 4.69) is 0 Å². The summed E-state index contributed by atoms with van der Waals surface area (Å²) in [5.74, 6) is 0.489. The van der Waals surface area contributed by atoms with Crippen molar-refractivity contribution in [2.75, 3.05) is 20.8 Å². The minimum atomic E-state index is -1.01. The Kier molecular flexibility index (Phi) is 7.28. The topological polar surface area (TPSA) is 27.7 Å². The summed E-state index contributed by atoms with van der Waals surface area (Å²) in [5, 5.41) is 0. The van der Waals surface area contributed by atoms with E-state index in [0.29, 0.717) is 12.6 Å². The molecule has 6 heteroatoms. The van der Waals surface area contributed by atoms with Gasteiger partial charge in [0.05, 0.1) is 20.8 Å². The maximum atomic E-state index is 5.50. The normalized spacial score (nSPS) is 12.7. The monoisotopic (exact) mass is 303 g/mol. The van der Waals surface area contributed by atoms with Gasteiger partial charge in [-0.3, -0.25) is 0 Å². The molecule has 98 valence electrons. The van der Waals surface area contributed by atoms with Crippen molar-refractivity contribution in [1.82, 2.24) is 0 Å². The molecule has 1 atom stereocenters. The molecule has 3 nitrogen and oxygen atoms in total. The lowest BCUT2D eigenvalue weighted by Gasteiger charge is -2.10. The number of benzene rings is 1. The first-order chi connectivity index (χ1) is 8.72. The molecular formula is C12H16O3PS2+. The highest BCUT2D eigenvalue weighted by atomic mass is 32.9. The third-order valence-electron chi connectivity index (χ3n) is 2.00. The van der Waals surface area contributed by atoms with Crippen molar-refractivity contribution in [3.05, 3.63) is 41.8 Å². The standard InChI is InChI=1S/C12H16O3PS2/c1-4-15-12(13-2)11(18-16(17)14-3)10-8-6-5-7-9-10/h5-9H,4H2,1-3H3/q+1. The molecule has 18 heavy (non-hydrogen) atoms. The van der Waals surface area contributed by atoms with Crippen molar-refractivity contribution in [3.63, 3.8) is 0 Å². The van der Waals surface area contributed by atoms with Gasteiger partial charge in [0.2, 0.25) is 11.8 Å². The van der Waals surface area contributed by atoms with Crippen LogP contribution in [0.3, 0.4) is 0 Å². The molecule has 1 aromatic carbocycles. The van der Waals surface area contributed by atoms with Gasteiger partial charge in [0.15, 0.2) is 11.4 Å². The number of hydrogen-bond donors (Lipinski definition) is 0. The van der Waals surface area contributed by atoms with Gasteiger partial charge in [-0.2, -0.15) is 4.52 Å². The molecule has 0 aliphatic heterocycles. The maximum Gasteiger partial charge on any atom is 0.419 e. The molecule has 0 saturated heterocycles. The van der Waals surface area contributed by atoms with Crippen molar-refractivity contribution in [1.29, 1.82) is 0 Å². The fourth-order valence-electron chi connectivity index (χ4n) is 1.26. The van der Waals surface area contributed by atoms with E-state index in [1.54, 1.807) is 14.2 Å². The third kappa shape index (κ3) is 4.58. The summed E-state index contributed by atoms with van der Waals surface area (Å²) in [6.45, 7) is 2.46. The van der Waals surface area contributed by atoms with Crippen LogP contribution in [-0.2, 0) is 25.8 Å². The van der Waals surface area contributed by atoms with Crippen LogP contribution in [0.2, 0.25) is 0 Å². The number of rotatable bonds is 7. The van der Waals surface area contributed by atoms with Gasteiger partial charge >= 0.3 is 6.13 Å². The van der Waals surface area contributed by atoms with Crippen LogP contribution in [0.25, 0.3) is 4.91 Å². The van der Waals surface area contributed by atoms with Gasteiger partial charge in [0, 0.05) is 0 Å². The van der Waals surface area contributed by atoms with E-state index in [0.717, 1.165) is 10.5 Å². The molecule has 0 fully saturated rings. The molecule has 0 aliphatic carbocycles. The second kappa shape index (κ2) is 8.48. The number of hydrogen-bond acceptors (Lipinski definition) is 5. The SMILES string of the molecule is CCOC(OC)=C(S[P+](=S)OC)c1ccccc1. The van der Waals surface area contributed by atoms with Crippen LogP contribution in [0.1, 0.15) is 12.5 Å². The summed E-state index contributed by atoms with van der Waals surface area (Å²) in [4.78, 5) is 0.878. The Morgan fingerprint density at radius 3 is 2.44 bits per heavy atom. The quantitative estimate of drug-likeness (QED) is 0.557. The van der Waals surface area contributed by atoms with Gasteiger partial charge in [-0.15, -0.1) is 0 Å². The highest BCUT2D eigenvalue weighted by Crippen LogP contribution is 2.49. The molecule has 0 heterocycles. The Hall–Kier alpha value is -0.610. The zero-order valence-corrected chi connectivity index (χ0v) is 13.1. The van der Waals surface area contributed by atoms with Gasteiger partial charge in [0.1, 0.15) is 4.91 Å². The largest absolute Gasteiger partial charge is 0.468 e. The molecule has 0 aromatic heterocycles. The second-order valence-corrected chi connectivity index (χ2v) is 7.75.